The molecular formula is C24H26N2O3S. The molecule has 6 heteroatoms. The highest BCUT2D eigenvalue weighted by atomic mass is 32.1. The highest BCUT2D eigenvalue weighted by molar-refractivity contribution is 7.14. The lowest BCUT2D eigenvalue weighted by molar-refractivity contribution is -0.116. The molecule has 1 N–H and O–H groups in total. The fourth-order valence-corrected chi connectivity index (χ4v) is 3.72. The van der Waals surface area contributed by atoms with E-state index in [1.54, 1.807) is 24.3 Å². The Hall–Kier alpha value is -2.99. The first-order valence-corrected chi connectivity index (χ1v) is 11.0. The first kappa shape index (κ1) is 21.7. The van der Waals surface area contributed by atoms with Gasteiger partial charge in [-0.15, -0.1) is 11.3 Å². The van der Waals surface area contributed by atoms with Crippen LogP contribution in [-0.2, 0) is 11.2 Å². The van der Waals surface area contributed by atoms with Gasteiger partial charge in [-0.1, -0.05) is 37.6 Å². The second kappa shape index (κ2) is 10.7. The second-order valence-electron chi connectivity index (χ2n) is 7.07. The third kappa shape index (κ3) is 6.26. The molecular weight excluding hydrogens is 396 g/mol. The van der Waals surface area contributed by atoms with E-state index in [1.807, 2.05) is 5.38 Å². The Bertz CT molecular complexity index is 978. The third-order valence-electron chi connectivity index (χ3n) is 4.62. The smallest absolute Gasteiger partial charge is 0.226 e. The number of hydrogen-bond acceptors (Lipinski definition) is 5. The van der Waals surface area contributed by atoms with Crippen LogP contribution in [0.4, 0.5) is 5.13 Å². The van der Waals surface area contributed by atoms with Crippen LogP contribution in [0.1, 0.15) is 49.0 Å². The number of thiazole rings is 1. The molecule has 0 aliphatic heterocycles. The summed E-state index contributed by atoms with van der Waals surface area (Å²) in [6.45, 7) is 4.13. The van der Waals surface area contributed by atoms with Crippen LogP contribution in [0.25, 0.3) is 11.3 Å². The van der Waals surface area contributed by atoms with Crippen molar-refractivity contribution in [1.82, 2.24) is 4.98 Å². The Morgan fingerprint density at radius 3 is 2.47 bits per heavy atom. The molecule has 1 aromatic heterocycles. The number of anilines is 1. The number of aromatic nitrogens is 1. The SMILES string of the molecule is CCCc1ccc(-c2csc(NC(=O)CCCOc3ccc(C(C)=O)cc3)n2)cc1. The maximum atomic E-state index is 12.2. The van der Waals surface area contributed by atoms with Crippen LogP contribution in [0.15, 0.2) is 53.9 Å². The van der Waals surface area contributed by atoms with E-state index >= 15 is 0 Å². The number of carbonyl (C=O) groups excluding carboxylic acids is 2. The molecule has 0 fully saturated rings. The van der Waals surface area contributed by atoms with Crippen molar-refractivity contribution in [3.63, 3.8) is 0 Å². The van der Waals surface area contributed by atoms with Crippen LogP contribution in [0, 0.1) is 0 Å². The summed E-state index contributed by atoms with van der Waals surface area (Å²) in [5, 5.41) is 5.42. The summed E-state index contributed by atoms with van der Waals surface area (Å²) < 4.78 is 5.63. The fraction of sp³-hybridized carbons (Fsp3) is 0.292. The molecule has 0 spiro atoms. The van der Waals surface area contributed by atoms with E-state index in [9.17, 15) is 9.59 Å². The van der Waals surface area contributed by atoms with Gasteiger partial charge >= 0.3 is 0 Å². The summed E-state index contributed by atoms with van der Waals surface area (Å²) in [6.07, 6.45) is 3.15. The monoisotopic (exact) mass is 422 g/mol. The van der Waals surface area contributed by atoms with E-state index in [0.717, 1.165) is 24.1 Å². The van der Waals surface area contributed by atoms with Gasteiger partial charge in [-0.05, 0) is 49.6 Å². The number of hydrogen-bond donors (Lipinski definition) is 1. The number of Topliss-reactive ketones (excluding diaryl/α,β-unsaturated/α-hetero) is 1. The van der Waals surface area contributed by atoms with E-state index in [4.69, 9.17) is 4.74 Å². The highest BCUT2D eigenvalue weighted by Gasteiger charge is 2.08. The van der Waals surface area contributed by atoms with Gasteiger partial charge in [0.2, 0.25) is 5.91 Å². The maximum Gasteiger partial charge on any atom is 0.226 e. The number of amides is 1. The molecule has 156 valence electrons. The normalized spacial score (nSPS) is 10.6. The van der Waals surface area contributed by atoms with E-state index in [0.29, 0.717) is 35.9 Å². The second-order valence-corrected chi connectivity index (χ2v) is 7.92. The molecule has 0 radical (unpaired) electrons. The van der Waals surface area contributed by atoms with E-state index in [1.165, 1.54) is 23.8 Å². The largest absolute Gasteiger partial charge is 0.494 e. The van der Waals surface area contributed by atoms with E-state index in [2.05, 4.69) is 41.5 Å². The first-order chi connectivity index (χ1) is 14.5. The van der Waals surface area contributed by atoms with Gasteiger partial charge in [-0.2, -0.15) is 0 Å². The third-order valence-corrected chi connectivity index (χ3v) is 5.37. The van der Waals surface area contributed by atoms with Gasteiger partial charge < -0.3 is 10.1 Å². The minimum Gasteiger partial charge on any atom is -0.494 e. The number of rotatable bonds is 10. The number of nitrogens with zero attached hydrogens (tertiary/aromatic N) is 1. The molecule has 1 amide bonds. The first-order valence-electron chi connectivity index (χ1n) is 10.1. The topological polar surface area (TPSA) is 68.3 Å². The van der Waals surface area contributed by atoms with Crippen molar-refractivity contribution in [3.8, 4) is 17.0 Å². The lowest BCUT2D eigenvalue weighted by Gasteiger charge is -2.06. The lowest BCUT2D eigenvalue weighted by atomic mass is 10.1. The summed E-state index contributed by atoms with van der Waals surface area (Å²) in [7, 11) is 0. The Morgan fingerprint density at radius 2 is 1.80 bits per heavy atom. The van der Waals surface area contributed by atoms with Crippen molar-refractivity contribution in [2.24, 2.45) is 0 Å². The molecule has 0 saturated heterocycles. The molecule has 5 nitrogen and oxygen atoms in total. The zero-order valence-corrected chi connectivity index (χ0v) is 18.1. The van der Waals surface area contributed by atoms with Gasteiger partial charge in [0.25, 0.3) is 0 Å². The van der Waals surface area contributed by atoms with Crippen LogP contribution in [0.2, 0.25) is 0 Å². The molecule has 2 aromatic carbocycles. The summed E-state index contributed by atoms with van der Waals surface area (Å²) in [5.41, 5.74) is 3.90. The zero-order valence-electron chi connectivity index (χ0n) is 17.3. The summed E-state index contributed by atoms with van der Waals surface area (Å²) >= 11 is 1.43. The molecule has 3 aromatic rings. The average Bonchev–Trinajstić information content (AvgIpc) is 3.21. The van der Waals surface area contributed by atoms with Gasteiger partial charge in [0.1, 0.15) is 5.75 Å². The summed E-state index contributed by atoms with van der Waals surface area (Å²) in [4.78, 5) is 28.0. The molecule has 0 saturated carbocycles. The van der Waals surface area contributed by atoms with Crippen LogP contribution >= 0.6 is 11.3 Å². The minimum atomic E-state index is -0.0790. The van der Waals surface area contributed by atoms with Crippen molar-refractivity contribution in [1.29, 1.82) is 0 Å². The molecule has 30 heavy (non-hydrogen) atoms. The number of ketones is 1. The molecule has 0 bridgehead atoms. The Morgan fingerprint density at radius 1 is 1.07 bits per heavy atom. The predicted octanol–water partition coefficient (Wildman–Crippen LogP) is 5.76. The van der Waals surface area contributed by atoms with Gasteiger partial charge in [0, 0.05) is 22.9 Å². The van der Waals surface area contributed by atoms with Gasteiger partial charge in [0.05, 0.1) is 12.3 Å². The predicted molar refractivity (Wildman–Crippen MR) is 121 cm³/mol. The number of benzene rings is 2. The van der Waals surface area contributed by atoms with Crippen molar-refractivity contribution in [2.75, 3.05) is 11.9 Å². The molecule has 1 heterocycles. The van der Waals surface area contributed by atoms with Crippen molar-refractivity contribution in [2.45, 2.75) is 39.5 Å². The van der Waals surface area contributed by atoms with Crippen molar-refractivity contribution in [3.05, 3.63) is 65.0 Å². The minimum absolute atomic E-state index is 0.0251. The van der Waals surface area contributed by atoms with Crippen molar-refractivity contribution < 1.29 is 14.3 Å². The molecule has 0 atom stereocenters. The Kier molecular flexibility index (Phi) is 7.74. The summed E-state index contributed by atoms with van der Waals surface area (Å²) in [6, 6.07) is 15.4. The molecule has 0 aliphatic rings. The van der Waals surface area contributed by atoms with Crippen LogP contribution in [0.5, 0.6) is 5.75 Å². The molecule has 3 rings (SSSR count). The maximum absolute atomic E-state index is 12.2. The van der Waals surface area contributed by atoms with E-state index in [-0.39, 0.29) is 11.7 Å². The zero-order chi connectivity index (χ0) is 21.3. The van der Waals surface area contributed by atoms with Gasteiger partial charge in [-0.25, -0.2) is 4.98 Å². The number of carbonyl (C=O) groups is 2. The number of aryl methyl sites for hydroxylation is 1. The molecule has 0 aliphatic carbocycles. The Balaban J connectivity index is 1.42. The molecule has 0 unspecified atom stereocenters. The standard InChI is InChI=1S/C24H26N2O3S/c1-3-5-18-7-9-20(10-8-18)22-16-30-24(25-22)26-23(28)6-4-15-29-21-13-11-19(12-14-21)17(2)27/h7-14,16H,3-6,15H2,1-2H3,(H,25,26,28). The highest BCUT2D eigenvalue weighted by Crippen LogP contribution is 2.25. The van der Waals surface area contributed by atoms with Crippen LogP contribution in [0.3, 0.4) is 0 Å². The average molecular weight is 423 g/mol. The van der Waals surface area contributed by atoms with Crippen molar-refractivity contribution >= 4 is 28.2 Å². The van der Waals surface area contributed by atoms with Crippen LogP contribution < -0.4 is 10.1 Å². The lowest BCUT2D eigenvalue weighted by Crippen LogP contribution is -2.12. The quantitative estimate of drug-likeness (QED) is 0.333. The summed E-state index contributed by atoms with van der Waals surface area (Å²) in [5.74, 6) is 0.636. The number of ether oxygens (including phenoxy) is 1. The van der Waals surface area contributed by atoms with Gasteiger partial charge in [0.15, 0.2) is 10.9 Å². The number of nitrogens with one attached hydrogen (secondary N) is 1. The Labute approximate surface area is 181 Å². The fourth-order valence-electron chi connectivity index (χ4n) is 2.98. The van der Waals surface area contributed by atoms with E-state index < -0.39 is 0 Å². The van der Waals surface area contributed by atoms with Crippen LogP contribution in [-0.4, -0.2) is 23.3 Å². The van der Waals surface area contributed by atoms with Gasteiger partial charge in [-0.3, -0.25) is 9.59 Å².